The van der Waals surface area contributed by atoms with Gasteiger partial charge in [0.25, 0.3) is 5.56 Å². The van der Waals surface area contributed by atoms with Crippen LogP contribution in [0.2, 0.25) is 5.02 Å². The van der Waals surface area contributed by atoms with Crippen LogP contribution >= 0.6 is 23.4 Å². The average molecular weight is 394 g/mol. The third kappa shape index (κ3) is 4.60. The van der Waals surface area contributed by atoms with Crippen molar-refractivity contribution in [2.24, 2.45) is 0 Å². The van der Waals surface area contributed by atoms with Gasteiger partial charge in [0.05, 0.1) is 16.2 Å². The van der Waals surface area contributed by atoms with Crippen molar-refractivity contribution < 1.29 is 4.79 Å². The van der Waals surface area contributed by atoms with Crippen molar-refractivity contribution in [2.75, 3.05) is 0 Å². The fraction of sp³-hybridized carbons (Fsp3) is 0.526. The lowest BCUT2D eigenvalue weighted by atomic mass is 10.2. The fourth-order valence-electron chi connectivity index (χ4n) is 2.74. The second-order valence-corrected chi connectivity index (χ2v) is 8.51. The van der Waals surface area contributed by atoms with Gasteiger partial charge in [-0.3, -0.25) is 14.2 Å². The number of aromatic nitrogens is 2. The van der Waals surface area contributed by atoms with E-state index in [1.165, 1.54) is 11.8 Å². The number of unbranched alkanes of at least 4 members (excludes halogenated alkanes) is 2. The van der Waals surface area contributed by atoms with E-state index in [0.29, 0.717) is 33.7 Å². The molecule has 1 atom stereocenters. The largest absolute Gasteiger partial charge is 0.352 e. The summed E-state index contributed by atoms with van der Waals surface area (Å²) in [5.74, 6) is -0.00181. The van der Waals surface area contributed by atoms with Crippen LogP contribution in [0.1, 0.15) is 46.0 Å². The minimum Gasteiger partial charge on any atom is -0.352 e. The molecule has 0 bridgehead atoms. The van der Waals surface area contributed by atoms with Gasteiger partial charge in [-0.15, -0.1) is 0 Å². The lowest BCUT2D eigenvalue weighted by molar-refractivity contribution is -0.120. The summed E-state index contributed by atoms with van der Waals surface area (Å²) in [5.41, 5.74) is 0.506. The number of carbonyl (C=O) groups is 1. The third-order valence-corrected chi connectivity index (χ3v) is 5.77. The van der Waals surface area contributed by atoms with Crippen molar-refractivity contribution in [2.45, 2.75) is 68.9 Å². The summed E-state index contributed by atoms with van der Waals surface area (Å²) >= 11 is 7.40. The summed E-state index contributed by atoms with van der Waals surface area (Å²) in [7, 11) is 0. The first kappa shape index (κ1) is 19.2. The van der Waals surface area contributed by atoms with Gasteiger partial charge in [-0.25, -0.2) is 4.98 Å². The van der Waals surface area contributed by atoms with Gasteiger partial charge < -0.3 is 5.32 Å². The highest BCUT2D eigenvalue weighted by Gasteiger charge is 2.27. The molecule has 1 amide bonds. The van der Waals surface area contributed by atoms with E-state index in [1.54, 1.807) is 22.8 Å². The standard InChI is InChI=1S/C19H24ClN3O2S/c1-3-4-5-10-23-18(25)15-9-6-13(20)11-16(15)22-19(23)26-12(2)17(24)21-14-7-8-14/h6,9,11-12,14H,3-5,7-8,10H2,1-2H3,(H,21,24). The summed E-state index contributed by atoms with van der Waals surface area (Å²) in [4.78, 5) is 29.9. The number of nitrogens with one attached hydrogen (secondary N) is 1. The van der Waals surface area contributed by atoms with Gasteiger partial charge >= 0.3 is 0 Å². The van der Waals surface area contributed by atoms with Gasteiger partial charge in [0.2, 0.25) is 5.91 Å². The first-order valence-corrected chi connectivity index (χ1v) is 10.4. The molecule has 0 saturated heterocycles. The van der Waals surface area contributed by atoms with Crippen LogP contribution in [0.5, 0.6) is 0 Å². The highest BCUT2D eigenvalue weighted by atomic mass is 35.5. The SMILES string of the molecule is CCCCCn1c(SC(C)C(=O)NC2CC2)nc2cc(Cl)ccc2c1=O. The van der Waals surface area contributed by atoms with E-state index >= 15 is 0 Å². The molecule has 26 heavy (non-hydrogen) atoms. The van der Waals surface area contributed by atoms with Crippen molar-refractivity contribution in [1.82, 2.24) is 14.9 Å². The number of nitrogens with zero attached hydrogens (tertiary/aromatic N) is 2. The van der Waals surface area contributed by atoms with Crippen LogP contribution in [0.25, 0.3) is 10.9 Å². The van der Waals surface area contributed by atoms with E-state index in [4.69, 9.17) is 11.6 Å². The maximum absolute atomic E-state index is 13.0. The van der Waals surface area contributed by atoms with Crippen molar-refractivity contribution in [3.8, 4) is 0 Å². The number of benzene rings is 1. The Balaban J connectivity index is 1.92. The molecule has 1 unspecified atom stereocenters. The number of hydrogen-bond donors (Lipinski definition) is 1. The molecule has 5 nitrogen and oxygen atoms in total. The molecule has 1 fully saturated rings. The zero-order valence-corrected chi connectivity index (χ0v) is 16.7. The molecular weight excluding hydrogens is 370 g/mol. The summed E-state index contributed by atoms with van der Waals surface area (Å²) in [6.45, 7) is 4.59. The summed E-state index contributed by atoms with van der Waals surface area (Å²) in [5, 5.41) is 4.39. The van der Waals surface area contributed by atoms with E-state index in [9.17, 15) is 9.59 Å². The molecule has 140 valence electrons. The topological polar surface area (TPSA) is 64.0 Å². The lowest BCUT2D eigenvalue weighted by Gasteiger charge is -2.16. The van der Waals surface area contributed by atoms with Crippen molar-refractivity contribution >= 4 is 40.2 Å². The molecule has 0 spiro atoms. The van der Waals surface area contributed by atoms with Gasteiger partial charge in [-0.1, -0.05) is 43.1 Å². The Kier molecular flexibility index (Phi) is 6.24. The first-order valence-electron chi connectivity index (χ1n) is 9.16. The van der Waals surface area contributed by atoms with Crippen LogP contribution in [-0.2, 0) is 11.3 Å². The Hall–Kier alpha value is -1.53. The van der Waals surface area contributed by atoms with Gasteiger partial charge in [-0.2, -0.15) is 0 Å². The van der Waals surface area contributed by atoms with Crippen LogP contribution in [0.4, 0.5) is 0 Å². The first-order chi connectivity index (χ1) is 12.5. The van der Waals surface area contributed by atoms with Crippen LogP contribution in [-0.4, -0.2) is 26.8 Å². The second-order valence-electron chi connectivity index (χ2n) is 6.76. The number of rotatable bonds is 8. The molecule has 1 aromatic heterocycles. The number of halogens is 1. The maximum Gasteiger partial charge on any atom is 0.262 e. The van der Waals surface area contributed by atoms with Gasteiger partial charge in [0.1, 0.15) is 0 Å². The van der Waals surface area contributed by atoms with Crippen molar-refractivity contribution in [1.29, 1.82) is 0 Å². The zero-order valence-electron chi connectivity index (χ0n) is 15.1. The Morgan fingerprint density at radius 2 is 2.19 bits per heavy atom. The quantitative estimate of drug-likeness (QED) is 0.418. The monoisotopic (exact) mass is 393 g/mol. The average Bonchev–Trinajstić information content (AvgIpc) is 3.41. The second kappa shape index (κ2) is 8.44. The summed E-state index contributed by atoms with van der Waals surface area (Å²) in [6, 6.07) is 5.46. The summed E-state index contributed by atoms with van der Waals surface area (Å²) < 4.78 is 1.71. The van der Waals surface area contributed by atoms with Gasteiger partial charge in [0.15, 0.2) is 5.16 Å². The van der Waals surface area contributed by atoms with E-state index in [-0.39, 0.29) is 16.7 Å². The molecule has 1 aliphatic rings. The predicted molar refractivity (Wildman–Crippen MR) is 107 cm³/mol. The number of amides is 1. The minimum atomic E-state index is -0.309. The van der Waals surface area contributed by atoms with E-state index < -0.39 is 0 Å². The highest BCUT2D eigenvalue weighted by molar-refractivity contribution is 8.00. The number of thioether (sulfide) groups is 1. The van der Waals surface area contributed by atoms with Crippen LogP contribution < -0.4 is 10.9 Å². The van der Waals surface area contributed by atoms with E-state index in [1.807, 2.05) is 6.92 Å². The number of fused-ring (bicyclic) bond motifs is 1. The molecule has 0 aliphatic heterocycles. The van der Waals surface area contributed by atoms with Crippen LogP contribution in [0, 0.1) is 0 Å². The predicted octanol–water partition coefficient (Wildman–Crippen LogP) is 4.00. The van der Waals surface area contributed by atoms with Gasteiger partial charge in [-0.05, 0) is 44.4 Å². The molecule has 7 heteroatoms. The van der Waals surface area contributed by atoms with Crippen molar-refractivity contribution in [3.05, 3.63) is 33.6 Å². The van der Waals surface area contributed by atoms with Crippen molar-refractivity contribution in [3.63, 3.8) is 0 Å². The Bertz CT molecular complexity index is 864. The third-order valence-electron chi connectivity index (χ3n) is 4.44. The molecule has 2 aromatic rings. The van der Waals surface area contributed by atoms with E-state index in [2.05, 4.69) is 17.2 Å². The molecule has 1 aromatic carbocycles. The molecule has 0 radical (unpaired) electrons. The molecule has 1 N–H and O–H groups in total. The summed E-state index contributed by atoms with van der Waals surface area (Å²) in [6.07, 6.45) is 5.14. The molecular formula is C19H24ClN3O2S. The zero-order chi connectivity index (χ0) is 18.7. The Morgan fingerprint density at radius 1 is 1.42 bits per heavy atom. The smallest absolute Gasteiger partial charge is 0.262 e. The number of carbonyl (C=O) groups excluding carboxylic acids is 1. The minimum absolute atomic E-state index is 0.00181. The van der Waals surface area contributed by atoms with E-state index in [0.717, 1.165) is 32.1 Å². The fourth-order valence-corrected chi connectivity index (χ4v) is 3.85. The molecule has 3 rings (SSSR count). The van der Waals surface area contributed by atoms with Crippen LogP contribution in [0.3, 0.4) is 0 Å². The van der Waals surface area contributed by atoms with Crippen LogP contribution in [0.15, 0.2) is 28.2 Å². The molecule has 1 heterocycles. The van der Waals surface area contributed by atoms with Gasteiger partial charge in [0, 0.05) is 17.6 Å². The number of hydrogen-bond acceptors (Lipinski definition) is 4. The molecule has 1 saturated carbocycles. The maximum atomic E-state index is 13.0. The molecule has 1 aliphatic carbocycles. The Labute approximate surface area is 162 Å². The highest BCUT2D eigenvalue weighted by Crippen LogP contribution is 2.26. The normalized spacial score (nSPS) is 15.2. The Morgan fingerprint density at radius 3 is 2.88 bits per heavy atom. The lowest BCUT2D eigenvalue weighted by Crippen LogP contribution is -2.33.